The fourth-order valence-corrected chi connectivity index (χ4v) is 2.03. The van der Waals surface area contributed by atoms with Crippen molar-refractivity contribution < 1.29 is 24.2 Å². The average molecular weight is 309 g/mol. The lowest BCUT2D eigenvalue weighted by Crippen LogP contribution is -2.41. The maximum atomic E-state index is 11.3. The zero-order chi connectivity index (χ0) is 16.5. The van der Waals surface area contributed by atoms with Crippen LogP contribution in [0.4, 0.5) is 0 Å². The van der Waals surface area contributed by atoms with Crippen molar-refractivity contribution in [1.82, 2.24) is 5.32 Å². The molecule has 2 N–H and O–H groups in total. The molecule has 1 unspecified atom stereocenters. The number of carboxylic acid groups (broad SMARTS) is 1. The second-order valence-electron chi connectivity index (χ2n) is 4.95. The molecule has 1 amide bonds. The van der Waals surface area contributed by atoms with Crippen LogP contribution >= 0.6 is 0 Å². The van der Waals surface area contributed by atoms with Gasteiger partial charge < -0.3 is 19.9 Å². The van der Waals surface area contributed by atoms with Crippen molar-refractivity contribution in [2.24, 2.45) is 0 Å². The second kappa shape index (κ2) is 8.92. The molecule has 0 bridgehead atoms. The minimum Gasteiger partial charge on any atom is -0.493 e. The first-order valence-electron chi connectivity index (χ1n) is 7.28. The highest BCUT2D eigenvalue weighted by molar-refractivity contribution is 5.82. The molecule has 1 atom stereocenters. The largest absolute Gasteiger partial charge is 0.493 e. The van der Waals surface area contributed by atoms with E-state index in [2.05, 4.69) is 12.2 Å². The highest BCUT2D eigenvalue weighted by Gasteiger charge is 2.22. The van der Waals surface area contributed by atoms with Crippen molar-refractivity contribution >= 4 is 11.9 Å². The molecule has 22 heavy (non-hydrogen) atoms. The van der Waals surface area contributed by atoms with Crippen LogP contribution in [0.5, 0.6) is 11.5 Å². The van der Waals surface area contributed by atoms with E-state index in [9.17, 15) is 14.7 Å². The molecular formula is C16H23NO5. The summed E-state index contributed by atoms with van der Waals surface area (Å²) in [6.07, 6.45) is 2.02. The second-order valence-corrected chi connectivity index (χ2v) is 4.95. The molecule has 0 fully saturated rings. The molecule has 0 aromatic heterocycles. The molecule has 1 aromatic rings. The van der Waals surface area contributed by atoms with E-state index in [4.69, 9.17) is 9.47 Å². The van der Waals surface area contributed by atoms with Crippen LogP contribution < -0.4 is 14.8 Å². The molecule has 6 nitrogen and oxygen atoms in total. The third kappa shape index (κ3) is 5.27. The van der Waals surface area contributed by atoms with Crippen LogP contribution in [0.25, 0.3) is 0 Å². The van der Waals surface area contributed by atoms with Crippen LogP contribution in [0.2, 0.25) is 0 Å². The van der Waals surface area contributed by atoms with E-state index in [0.717, 1.165) is 12.8 Å². The number of para-hydroxylation sites is 1. The normalized spacial score (nSPS) is 11.6. The Morgan fingerprint density at radius 1 is 1.36 bits per heavy atom. The molecule has 0 radical (unpaired) electrons. The Morgan fingerprint density at radius 2 is 2.09 bits per heavy atom. The number of nitrogens with one attached hydrogen (secondary N) is 1. The fourth-order valence-electron chi connectivity index (χ4n) is 2.03. The molecular weight excluding hydrogens is 286 g/mol. The monoisotopic (exact) mass is 309 g/mol. The van der Waals surface area contributed by atoms with Gasteiger partial charge in [-0.05, 0) is 12.5 Å². The van der Waals surface area contributed by atoms with Crippen molar-refractivity contribution in [3.05, 3.63) is 23.8 Å². The van der Waals surface area contributed by atoms with E-state index >= 15 is 0 Å². The van der Waals surface area contributed by atoms with E-state index in [1.165, 1.54) is 14.0 Å². The minimum atomic E-state index is -1.09. The van der Waals surface area contributed by atoms with E-state index in [0.29, 0.717) is 23.7 Å². The topological polar surface area (TPSA) is 84.9 Å². The first-order chi connectivity index (χ1) is 10.5. The van der Waals surface area contributed by atoms with Crippen LogP contribution in [-0.2, 0) is 16.0 Å². The van der Waals surface area contributed by atoms with Gasteiger partial charge in [-0.3, -0.25) is 4.79 Å². The molecule has 6 heteroatoms. The predicted octanol–water partition coefficient (Wildman–Crippen LogP) is 2.01. The summed E-state index contributed by atoms with van der Waals surface area (Å²) in [5.41, 5.74) is 0.691. The van der Waals surface area contributed by atoms with Crippen LogP contribution in [0.3, 0.4) is 0 Å². The zero-order valence-corrected chi connectivity index (χ0v) is 13.2. The van der Waals surface area contributed by atoms with Gasteiger partial charge in [0.05, 0.1) is 13.7 Å². The van der Waals surface area contributed by atoms with Crippen molar-refractivity contribution in [2.75, 3.05) is 13.7 Å². The molecule has 1 aromatic carbocycles. The molecule has 0 aliphatic heterocycles. The van der Waals surface area contributed by atoms with Gasteiger partial charge in [-0.25, -0.2) is 4.79 Å². The summed E-state index contributed by atoms with van der Waals surface area (Å²) in [5.74, 6) is -0.378. The third-order valence-corrected chi connectivity index (χ3v) is 3.12. The standard InChI is InChI=1S/C16H23NO5/c1-4-5-9-22-15-12(7-6-8-14(15)21-3)10-13(16(19)20)17-11(2)18/h6-8,13H,4-5,9-10H2,1-3H3,(H,17,18)(H,19,20). The number of amides is 1. The first kappa shape index (κ1) is 17.8. The maximum absolute atomic E-state index is 11.3. The predicted molar refractivity (Wildman–Crippen MR) is 82.3 cm³/mol. The lowest BCUT2D eigenvalue weighted by Gasteiger charge is -2.18. The van der Waals surface area contributed by atoms with Gasteiger partial charge in [-0.1, -0.05) is 25.5 Å². The number of unbranched alkanes of at least 4 members (excludes halogenated alkanes) is 1. The number of carboxylic acids is 1. The Balaban J connectivity index is 3.00. The average Bonchev–Trinajstić information content (AvgIpc) is 2.47. The van der Waals surface area contributed by atoms with Gasteiger partial charge in [-0.2, -0.15) is 0 Å². The summed E-state index contributed by atoms with van der Waals surface area (Å²) < 4.78 is 11.0. The summed E-state index contributed by atoms with van der Waals surface area (Å²) >= 11 is 0. The maximum Gasteiger partial charge on any atom is 0.326 e. The molecule has 0 saturated carbocycles. The number of rotatable bonds is 9. The number of aliphatic carboxylic acids is 1. The molecule has 122 valence electrons. The highest BCUT2D eigenvalue weighted by atomic mass is 16.5. The van der Waals surface area contributed by atoms with E-state index in [1.54, 1.807) is 18.2 Å². The summed E-state index contributed by atoms with van der Waals surface area (Å²) in [5, 5.41) is 11.7. The Kier molecular flexibility index (Phi) is 7.22. The lowest BCUT2D eigenvalue weighted by molar-refractivity contribution is -0.141. The van der Waals surface area contributed by atoms with Crippen LogP contribution in [-0.4, -0.2) is 36.7 Å². The smallest absolute Gasteiger partial charge is 0.326 e. The number of carbonyl (C=O) groups excluding carboxylic acids is 1. The van der Waals surface area contributed by atoms with Crippen LogP contribution in [0.1, 0.15) is 32.3 Å². The third-order valence-electron chi connectivity index (χ3n) is 3.12. The Morgan fingerprint density at radius 3 is 2.64 bits per heavy atom. The first-order valence-corrected chi connectivity index (χ1v) is 7.28. The molecule has 0 saturated heterocycles. The number of ether oxygens (including phenoxy) is 2. The van der Waals surface area contributed by atoms with Gasteiger partial charge in [-0.15, -0.1) is 0 Å². The summed E-state index contributed by atoms with van der Waals surface area (Å²) in [6, 6.07) is 4.31. The quantitative estimate of drug-likeness (QED) is 0.682. The molecule has 1 rings (SSSR count). The summed E-state index contributed by atoms with van der Waals surface area (Å²) in [4.78, 5) is 22.4. The summed E-state index contributed by atoms with van der Waals surface area (Å²) in [6.45, 7) is 3.88. The van der Waals surface area contributed by atoms with E-state index in [-0.39, 0.29) is 12.3 Å². The number of methoxy groups -OCH3 is 1. The van der Waals surface area contributed by atoms with E-state index in [1.807, 2.05) is 0 Å². The number of carbonyl (C=O) groups is 2. The Bertz CT molecular complexity index is 515. The number of hydrogen-bond donors (Lipinski definition) is 2. The van der Waals surface area contributed by atoms with Gasteiger partial charge in [0.2, 0.25) is 5.91 Å². The zero-order valence-electron chi connectivity index (χ0n) is 13.2. The lowest BCUT2D eigenvalue weighted by atomic mass is 10.0. The highest BCUT2D eigenvalue weighted by Crippen LogP contribution is 2.32. The van der Waals surface area contributed by atoms with Gasteiger partial charge >= 0.3 is 5.97 Å². The Labute approximate surface area is 130 Å². The van der Waals surface area contributed by atoms with Crippen molar-refractivity contribution in [3.8, 4) is 11.5 Å². The van der Waals surface area contributed by atoms with Gasteiger partial charge in [0.15, 0.2) is 11.5 Å². The van der Waals surface area contributed by atoms with Crippen molar-refractivity contribution in [1.29, 1.82) is 0 Å². The van der Waals surface area contributed by atoms with Gasteiger partial charge in [0.1, 0.15) is 6.04 Å². The molecule has 0 spiro atoms. The molecule has 0 aliphatic carbocycles. The van der Waals surface area contributed by atoms with Gasteiger partial charge in [0, 0.05) is 18.9 Å². The van der Waals surface area contributed by atoms with Crippen molar-refractivity contribution in [2.45, 2.75) is 39.2 Å². The molecule has 0 heterocycles. The van der Waals surface area contributed by atoms with Crippen molar-refractivity contribution in [3.63, 3.8) is 0 Å². The number of hydrogen-bond acceptors (Lipinski definition) is 4. The van der Waals surface area contributed by atoms with Gasteiger partial charge in [0.25, 0.3) is 0 Å². The van der Waals surface area contributed by atoms with Crippen LogP contribution in [0.15, 0.2) is 18.2 Å². The fraction of sp³-hybridized carbons (Fsp3) is 0.500. The minimum absolute atomic E-state index is 0.133. The Hall–Kier alpha value is -2.24. The van der Waals surface area contributed by atoms with Crippen LogP contribution in [0, 0.1) is 0 Å². The summed E-state index contributed by atoms with van der Waals surface area (Å²) in [7, 11) is 1.54. The SMILES string of the molecule is CCCCOc1c(CC(NC(C)=O)C(=O)O)cccc1OC. The number of benzene rings is 1. The van der Waals surface area contributed by atoms with E-state index < -0.39 is 12.0 Å². The molecule has 0 aliphatic rings.